The van der Waals surface area contributed by atoms with Gasteiger partial charge in [0.15, 0.2) is 0 Å². The van der Waals surface area contributed by atoms with Gasteiger partial charge in [-0.15, -0.1) is 10.2 Å². The molecule has 7 aromatic rings. The second-order valence-electron chi connectivity index (χ2n) is 10.2. The Balaban J connectivity index is 1.34. The van der Waals surface area contributed by atoms with E-state index in [9.17, 15) is 4.79 Å². The molecule has 196 valence electrons. The van der Waals surface area contributed by atoms with Crippen molar-refractivity contribution in [1.82, 2.24) is 29.9 Å². The average molecular weight is 535 g/mol. The summed E-state index contributed by atoms with van der Waals surface area (Å²) >= 11 is 0. The molecule has 0 N–H and O–H groups in total. The predicted octanol–water partition coefficient (Wildman–Crippen LogP) is 6.12. The highest BCUT2D eigenvalue weighted by molar-refractivity contribution is 5.91. The van der Waals surface area contributed by atoms with Crippen molar-refractivity contribution in [3.05, 3.63) is 118 Å². The van der Waals surface area contributed by atoms with Crippen LogP contribution >= 0.6 is 0 Å². The van der Waals surface area contributed by atoms with E-state index in [-0.39, 0.29) is 5.43 Å². The molecule has 1 aliphatic carbocycles. The molecule has 0 spiro atoms. The lowest BCUT2D eigenvalue weighted by Crippen LogP contribution is -2.13. The normalized spacial score (nSPS) is 12.4. The first-order valence-electron chi connectivity index (χ1n) is 13.4. The highest BCUT2D eigenvalue weighted by Crippen LogP contribution is 2.36. The predicted molar refractivity (Wildman–Crippen MR) is 157 cm³/mol. The molecule has 0 aliphatic heterocycles. The minimum atomic E-state index is -0.102. The van der Waals surface area contributed by atoms with E-state index in [2.05, 4.69) is 10.2 Å². The molecule has 0 saturated heterocycles. The fourth-order valence-electron chi connectivity index (χ4n) is 5.58. The van der Waals surface area contributed by atoms with Crippen molar-refractivity contribution in [1.29, 1.82) is 0 Å². The summed E-state index contributed by atoms with van der Waals surface area (Å²) in [5.41, 5.74) is 8.55. The summed E-state index contributed by atoms with van der Waals surface area (Å²) in [7, 11) is 0. The van der Waals surface area contributed by atoms with Crippen LogP contribution in [0.3, 0.4) is 0 Å². The summed E-state index contributed by atoms with van der Waals surface area (Å²) in [6.07, 6.45) is 3.30. The maximum atomic E-state index is 13.5. The zero-order chi connectivity index (χ0) is 27.5. The number of hydrogen-bond acceptors (Lipinski definition) is 7. The highest BCUT2D eigenvalue weighted by Gasteiger charge is 2.27. The molecule has 8 heteroatoms. The largest absolute Gasteiger partial charge is 0.437 e. The highest BCUT2D eigenvalue weighted by atomic mass is 16.3. The number of aromatic nitrogens is 6. The van der Waals surface area contributed by atoms with E-state index < -0.39 is 0 Å². The van der Waals surface area contributed by atoms with Crippen LogP contribution in [-0.2, 0) is 12.8 Å². The number of nitrogens with zero attached hydrogens (tertiary/aromatic N) is 6. The topological polar surface area (TPSA) is 99.6 Å². The van der Waals surface area contributed by atoms with Crippen LogP contribution in [0, 0.1) is 6.92 Å². The number of benzene rings is 3. The molecular formula is C33H22N6O2. The number of rotatable bonds is 3. The summed E-state index contributed by atoms with van der Waals surface area (Å²) in [6, 6.07) is 27.3. The van der Waals surface area contributed by atoms with E-state index in [0.717, 1.165) is 45.6 Å². The Kier molecular flexibility index (Phi) is 5.15. The molecule has 41 heavy (non-hydrogen) atoms. The smallest absolute Gasteiger partial charge is 0.271 e. The monoisotopic (exact) mass is 534 g/mol. The van der Waals surface area contributed by atoms with Crippen molar-refractivity contribution in [2.45, 2.75) is 19.8 Å². The summed E-state index contributed by atoms with van der Waals surface area (Å²) in [6.45, 7) is 1.96. The average Bonchev–Trinajstić information content (AvgIpc) is 3.46. The Hall–Kier alpha value is -5.50. The van der Waals surface area contributed by atoms with Crippen molar-refractivity contribution in [3.63, 3.8) is 0 Å². The molecule has 4 heterocycles. The Bertz CT molecular complexity index is 2190. The third-order valence-electron chi connectivity index (χ3n) is 7.59. The van der Waals surface area contributed by atoms with Crippen LogP contribution in [-0.4, -0.2) is 29.9 Å². The van der Waals surface area contributed by atoms with Crippen molar-refractivity contribution < 1.29 is 4.42 Å². The van der Waals surface area contributed by atoms with E-state index >= 15 is 0 Å². The standard InChI is InChI=1S/C33H22N6O2/c1-19-12-15-27-24(16-19)31(40)25-17-23-26(35-32(25)41-27)14-13-22-18-34-39(30(22)23)33-36-28(20-8-4-2-5-9-20)29(37-38-33)21-10-6-3-7-11-21/h2-12,15-18H,13-14H2,1H3. The van der Waals surface area contributed by atoms with Gasteiger partial charge in [0.1, 0.15) is 17.0 Å². The van der Waals surface area contributed by atoms with Crippen LogP contribution in [0.2, 0.25) is 0 Å². The molecule has 0 radical (unpaired) electrons. The van der Waals surface area contributed by atoms with Crippen LogP contribution in [0.25, 0.3) is 61.8 Å². The number of fused-ring (bicyclic) bond motifs is 5. The molecule has 3 aromatic carbocycles. The molecule has 0 amide bonds. The summed E-state index contributed by atoms with van der Waals surface area (Å²) in [5.74, 6) is 0.346. The van der Waals surface area contributed by atoms with Gasteiger partial charge in [0, 0.05) is 16.7 Å². The summed E-state index contributed by atoms with van der Waals surface area (Å²) < 4.78 is 7.79. The fraction of sp³-hybridized carbons (Fsp3) is 0.0909. The third-order valence-corrected chi connectivity index (χ3v) is 7.59. The maximum absolute atomic E-state index is 13.5. The van der Waals surface area contributed by atoms with Crippen molar-refractivity contribution in [2.75, 3.05) is 0 Å². The lowest BCUT2D eigenvalue weighted by Gasteiger charge is -2.18. The molecule has 8 nitrogen and oxygen atoms in total. The SMILES string of the molecule is Cc1ccc2oc3nc4c(cc3c(=O)c2c1)-c1c(cnn1-c1nnc(-c2ccccc2)c(-c2ccccc2)n1)CC4. The second-order valence-corrected chi connectivity index (χ2v) is 10.2. The first-order chi connectivity index (χ1) is 20.1. The van der Waals surface area contributed by atoms with Crippen molar-refractivity contribution in [3.8, 4) is 39.7 Å². The number of pyridine rings is 1. The van der Waals surface area contributed by atoms with Gasteiger partial charge in [-0.25, -0.2) is 9.97 Å². The molecular weight excluding hydrogens is 512 g/mol. The fourth-order valence-corrected chi connectivity index (χ4v) is 5.58. The van der Waals surface area contributed by atoms with Gasteiger partial charge in [-0.3, -0.25) is 4.79 Å². The lowest BCUT2D eigenvalue weighted by molar-refractivity contribution is 0.640. The Morgan fingerprint density at radius 3 is 2.32 bits per heavy atom. The van der Waals surface area contributed by atoms with E-state index in [0.29, 0.717) is 45.8 Å². The van der Waals surface area contributed by atoms with Crippen LogP contribution < -0.4 is 5.43 Å². The molecule has 0 fully saturated rings. The van der Waals surface area contributed by atoms with Crippen LogP contribution in [0.15, 0.2) is 100 Å². The van der Waals surface area contributed by atoms with Gasteiger partial charge in [-0.1, -0.05) is 72.3 Å². The van der Waals surface area contributed by atoms with Crippen LogP contribution in [0.1, 0.15) is 16.8 Å². The number of hydrogen-bond donors (Lipinski definition) is 0. The minimum absolute atomic E-state index is 0.102. The molecule has 1 aliphatic rings. The quantitative estimate of drug-likeness (QED) is 0.252. The molecule has 0 unspecified atom stereocenters. The van der Waals surface area contributed by atoms with E-state index in [1.165, 1.54) is 0 Å². The first kappa shape index (κ1) is 23.4. The zero-order valence-electron chi connectivity index (χ0n) is 22.1. The van der Waals surface area contributed by atoms with Gasteiger partial charge in [-0.05, 0) is 43.5 Å². The molecule has 0 bridgehead atoms. The molecule has 8 rings (SSSR count). The Morgan fingerprint density at radius 2 is 1.54 bits per heavy atom. The third kappa shape index (κ3) is 3.76. The van der Waals surface area contributed by atoms with Crippen LogP contribution in [0.4, 0.5) is 0 Å². The first-order valence-corrected chi connectivity index (χ1v) is 13.4. The van der Waals surface area contributed by atoms with Gasteiger partial charge in [0.25, 0.3) is 5.95 Å². The summed E-state index contributed by atoms with van der Waals surface area (Å²) in [4.78, 5) is 23.4. The summed E-state index contributed by atoms with van der Waals surface area (Å²) in [5, 5.41) is 14.8. The maximum Gasteiger partial charge on any atom is 0.271 e. The molecule has 4 aromatic heterocycles. The van der Waals surface area contributed by atoms with Gasteiger partial charge in [0.2, 0.25) is 11.1 Å². The van der Waals surface area contributed by atoms with Crippen LogP contribution in [0.5, 0.6) is 0 Å². The Labute approximate surface area is 234 Å². The van der Waals surface area contributed by atoms with Gasteiger partial charge in [-0.2, -0.15) is 9.78 Å². The van der Waals surface area contributed by atoms with Crippen molar-refractivity contribution >= 4 is 22.1 Å². The second kappa shape index (κ2) is 9.02. The van der Waals surface area contributed by atoms with Gasteiger partial charge >= 0.3 is 0 Å². The molecule has 0 atom stereocenters. The van der Waals surface area contributed by atoms with Gasteiger partial charge < -0.3 is 4.42 Å². The molecule has 0 saturated carbocycles. The zero-order valence-corrected chi connectivity index (χ0v) is 22.1. The Morgan fingerprint density at radius 1 is 0.780 bits per heavy atom. The number of aryl methyl sites for hydroxylation is 3. The lowest BCUT2D eigenvalue weighted by atomic mass is 9.93. The van der Waals surface area contributed by atoms with E-state index in [1.807, 2.05) is 98.0 Å². The van der Waals surface area contributed by atoms with E-state index in [4.69, 9.17) is 19.5 Å². The van der Waals surface area contributed by atoms with Crippen molar-refractivity contribution in [2.24, 2.45) is 0 Å². The van der Waals surface area contributed by atoms with E-state index in [1.54, 1.807) is 4.68 Å². The van der Waals surface area contributed by atoms with Gasteiger partial charge in [0.05, 0.1) is 28.4 Å². The minimum Gasteiger partial charge on any atom is -0.437 e.